The molecule has 1 aromatic rings. The highest BCUT2D eigenvalue weighted by atomic mass is 127. The van der Waals surface area contributed by atoms with Crippen molar-refractivity contribution < 1.29 is 4.79 Å². The zero-order valence-corrected chi connectivity index (χ0v) is 11.2. The topological polar surface area (TPSA) is 20.3 Å². The fraction of sp³-hybridized carbons (Fsp3) is 0.300. The zero-order valence-electron chi connectivity index (χ0n) is 7.46. The lowest BCUT2D eigenvalue weighted by molar-refractivity contribution is -0.117. The van der Waals surface area contributed by atoms with Gasteiger partial charge in [0.05, 0.1) is 5.69 Å². The SMILES string of the molecule is O=C1CCCN1c1ccc(Br)cc1I. The number of nitrogens with zero attached hydrogens (tertiary/aromatic N) is 1. The number of hydrogen-bond acceptors (Lipinski definition) is 1. The molecular weight excluding hydrogens is 357 g/mol. The molecule has 74 valence electrons. The molecule has 1 heterocycles. The lowest BCUT2D eigenvalue weighted by atomic mass is 10.3. The smallest absolute Gasteiger partial charge is 0.227 e. The van der Waals surface area contributed by atoms with Crippen LogP contribution in [0, 0.1) is 3.57 Å². The van der Waals surface area contributed by atoms with Crippen LogP contribution in [0.2, 0.25) is 0 Å². The van der Waals surface area contributed by atoms with Crippen molar-refractivity contribution in [2.45, 2.75) is 12.8 Å². The van der Waals surface area contributed by atoms with Gasteiger partial charge in [-0.05, 0) is 47.2 Å². The van der Waals surface area contributed by atoms with E-state index in [0.717, 1.165) is 26.7 Å². The first-order valence-electron chi connectivity index (χ1n) is 4.44. The van der Waals surface area contributed by atoms with E-state index in [9.17, 15) is 4.79 Å². The first-order valence-corrected chi connectivity index (χ1v) is 6.31. The maximum atomic E-state index is 11.5. The van der Waals surface area contributed by atoms with Crippen molar-refractivity contribution in [2.24, 2.45) is 0 Å². The van der Waals surface area contributed by atoms with Crippen LogP contribution < -0.4 is 4.90 Å². The maximum absolute atomic E-state index is 11.5. The molecule has 0 unspecified atom stereocenters. The van der Waals surface area contributed by atoms with Crippen molar-refractivity contribution in [2.75, 3.05) is 11.4 Å². The fourth-order valence-corrected chi connectivity index (χ4v) is 3.20. The summed E-state index contributed by atoms with van der Waals surface area (Å²) in [6.07, 6.45) is 1.66. The molecule has 0 saturated carbocycles. The number of rotatable bonds is 1. The van der Waals surface area contributed by atoms with Gasteiger partial charge in [0.15, 0.2) is 0 Å². The Morgan fingerprint density at radius 1 is 1.43 bits per heavy atom. The third-order valence-electron chi connectivity index (χ3n) is 2.27. The van der Waals surface area contributed by atoms with Gasteiger partial charge in [-0.2, -0.15) is 0 Å². The average Bonchev–Trinajstić information content (AvgIpc) is 2.52. The molecule has 0 aliphatic carbocycles. The van der Waals surface area contributed by atoms with Gasteiger partial charge in [0, 0.05) is 21.0 Å². The predicted molar refractivity (Wildman–Crippen MR) is 68.4 cm³/mol. The Bertz CT molecular complexity index is 380. The average molecular weight is 366 g/mol. The molecule has 0 bridgehead atoms. The van der Waals surface area contributed by atoms with E-state index in [1.165, 1.54) is 0 Å². The third-order valence-corrected chi connectivity index (χ3v) is 3.63. The molecule has 0 atom stereocenters. The van der Waals surface area contributed by atoms with Crippen LogP contribution in [-0.2, 0) is 4.79 Å². The number of halogens is 2. The molecule has 1 amide bonds. The quantitative estimate of drug-likeness (QED) is 0.700. The van der Waals surface area contributed by atoms with E-state index in [-0.39, 0.29) is 5.91 Å². The minimum atomic E-state index is 0.241. The Morgan fingerprint density at radius 3 is 2.79 bits per heavy atom. The molecule has 1 aromatic carbocycles. The first-order chi connectivity index (χ1) is 6.68. The van der Waals surface area contributed by atoms with Crippen molar-refractivity contribution >= 4 is 50.1 Å². The molecule has 1 fully saturated rings. The molecule has 4 heteroatoms. The molecule has 2 nitrogen and oxygen atoms in total. The Kier molecular flexibility index (Phi) is 3.11. The Balaban J connectivity index is 2.36. The standard InChI is InChI=1S/C10H9BrINO/c11-7-3-4-9(8(12)6-7)13-5-1-2-10(13)14/h3-4,6H,1-2,5H2. The van der Waals surface area contributed by atoms with E-state index >= 15 is 0 Å². The monoisotopic (exact) mass is 365 g/mol. The molecule has 2 rings (SSSR count). The summed E-state index contributed by atoms with van der Waals surface area (Å²) < 4.78 is 2.17. The van der Waals surface area contributed by atoms with Gasteiger partial charge in [0.25, 0.3) is 0 Å². The number of anilines is 1. The highest BCUT2D eigenvalue weighted by Gasteiger charge is 2.23. The minimum Gasteiger partial charge on any atom is -0.311 e. The first kappa shape index (κ1) is 10.4. The number of carbonyl (C=O) groups is 1. The van der Waals surface area contributed by atoms with Gasteiger partial charge in [0.1, 0.15) is 0 Å². The highest BCUT2D eigenvalue weighted by molar-refractivity contribution is 14.1. The summed E-state index contributed by atoms with van der Waals surface area (Å²) >= 11 is 5.67. The second-order valence-electron chi connectivity index (χ2n) is 3.24. The predicted octanol–water partition coefficient (Wildman–Crippen LogP) is 3.18. The summed E-state index contributed by atoms with van der Waals surface area (Å²) in [5, 5.41) is 0. The van der Waals surface area contributed by atoms with Crippen LogP contribution in [0.5, 0.6) is 0 Å². The molecule has 1 aliphatic rings. The Hall–Kier alpha value is -0.100. The molecular formula is C10H9BrINO. The molecule has 0 N–H and O–H groups in total. The maximum Gasteiger partial charge on any atom is 0.227 e. The minimum absolute atomic E-state index is 0.241. The molecule has 14 heavy (non-hydrogen) atoms. The normalized spacial score (nSPS) is 16.4. The second kappa shape index (κ2) is 4.18. The van der Waals surface area contributed by atoms with Gasteiger partial charge >= 0.3 is 0 Å². The molecule has 0 radical (unpaired) electrons. The van der Waals surface area contributed by atoms with E-state index in [1.807, 2.05) is 23.1 Å². The summed E-state index contributed by atoms with van der Waals surface area (Å²) in [5.41, 5.74) is 1.04. The van der Waals surface area contributed by atoms with Crippen LogP contribution >= 0.6 is 38.5 Å². The number of benzene rings is 1. The second-order valence-corrected chi connectivity index (χ2v) is 5.32. The van der Waals surface area contributed by atoms with Crippen molar-refractivity contribution in [1.82, 2.24) is 0 Å². The van der Waals surface area contributed by atoms with E-state index in [0.29, 0.717) is 6.42 Å². The van der Waals surface area contributed by atoms with Crippen LogP contribution in [0.25, 0.3) is 0 Å². The van der Waals surface area contributed by atoms with E-state index in [4.69, 9.17) is 0 Å². The fourth-order valence-electron chi connectivity index (χ4n) is 1.60. The van der Waals surface area contributed by atoms with E-state index < -0.39 is 0 Å². The Labute approximate surface area is 105 Å². The van der Waals surface area contributed by atoms with Crippen molar-refractivity contribution in [3.8, 4) is 0 Å². The van der Waals surface area contributed by atoms with Crippen LogP contribution in [0.4, 0.5) is 5.69 Å². The largest absolute Gasteiger partial charge is 0.311 e. The molecule has 1 aliphatic heterocycles. The summed E-state index contributed by atoms with van der Waals surface area (Å²) in [5.74, 6) is 0.241. The zero-order chi connectivity index (χ0) is 10.1. The summed E-state index contributed by atoms with van der Waals surface area (Å²) in [7, 11) is 0. The van der Waals surface area contributed by atoms with Crippen LogP contribution in [0.3, 0.4) is 0 Å². The van der Waals surface area contributed by atoms with Gasteiger partial charge in [0.2, 0.25) is 5.91 Å². The van der Waals surface area contributed by atoms with Crippen molar-refractivity contribution in [3.63, 3.8) is 0 Å². The van der Waals surface area contributed by atoms with Crippen molar-refractivity contribution in [3.05, 3.63) is 26.2 Å². The summed E-state index contributed by atoms with van der Waals surface area (Å²) in [6.45, 7) is 0.858. The van der Waals surface area contributed by atoms with Crippen LogP contribution in [0.15, 0.2) is 22.7 Å². The third kappa shape index (κ3) is 1.95. The summed E-state index contributed by atoms with van der Waals surface area (Å²) in [6, 6.07) is 6.00. The number of amides is 1. The molecule has 0 spiro atoms. The highest BCUT2D eigenvalue weighted by Crippen LogP contribution is 2.28. The van der Waals surface area contributed by atoms with E-state index in [2.05, 4.69) is 38.5 Å². The van der Waals surface area contributed by atoms with Gasteiger partial charge in [-0.3, -0.25) is 4.79 Å². The van der Waals surface area contributed by atoms with E-state index in [1.54, 1.807) is 0 Å². The van der Waals surface area contributed by atoms with Crippen molar-refractivity contribution in [1.29, 1.82) is 0 Å². The van der Waals surface area contributed by atoms with Crippen LogP contribution in [-0.4, -0.2) is 12.5 Å². The number of hydrogen-bond donors (Lipinski definition) is 0. The summed E-state index contributed by atoms with van der Waals surface area (Å²) in [4.78, 5) is 13.4. The van der Waals surface area contributed by atoms with Gasteiger partial charge in [-0.15, -0.1) is 0 Å². The van der Waals surface area contributed by atoms with Gasteiger partial charge in [-0.25, -0.2) is 0 Å². The lowest BCUT2D eigenvalue weighted by Crippen LogP contribution is -2.24. The van der Waals surface area contributed by atoms with Gasteiger partial charge < -0.3 is 4.90 Å². The van der Waals surface area contributed by atoms with Crippen LogP contribution in [0.1, 0.15) is 12.8 Å². The molecule has 0 aromatic heterocycles. The van der Waals surface area contributed by atoms with Gasteiger partial charge in [-0.1, -0.05) is 15.9 Å². The molecule has 1 saturated heterocycles. The number of carbonyl (C=O) groups excluding carboxylic acids is 1. The lowest BCUT2D eigenvalue weighted by Gasteiger charge is -2.17. The Morgan fingerprint density at radius 2 is 2.21 bits per heavy atom.